The third-order valence-electron chi connectivity index (χ3n) is 8.79. The van der Waals surface area contributed by atoms with Gasteiger partial charge in [-0.05, 0) is 85.3 Å². The van der Waals surface area contributed by atoms with Gasteiger partial charge >= 0.3 is 5.97 Å². The average Bonchev–Trinajstić information content (AvgIpc) is 3.70. The summed E-state index contributed by atoms with van der Waals surface area (Å²) in [5.74, 6) is -1.11. The lowest BCUT2D eigenvalue weighted by molar-refractivity contribution is 0.0689. The molecule has 7 rings (SSSR count). The van der Waals surface area contributed by atoms with Crippen LogP contribution in [-0.2, 0) is 14.1 Å². The van der Waals surface area contributed by atoms with Gasteiger partial charge in [-0.3, -0.25) is 23.2 Å². The van der Waals surface area contributed by atoms with Crippen molar-refractivity contribution in [1.29, 1.82) is 0 Å². The second kappa shape index (κ2) is 13.1. The van der Waals surface area contributed by atoms with Crippen LogP contribution in [0.4, 0.5) is 0 Å². The second-order valence-electron chi connectivity index (χ2n) is 12.3. The van der Waals surface area contributed by atoms with Gasteiger partial charge in [0.25, 0.3) is 17.0 Å². The molecule has 2 N–H and O–H groups in total. The zero-order valence-electron chi connectivity index (χ0n) is 27.3. The van der Waals surface area contributed by atoms with E-state index in [1.807, 2.05) is 48.0 Å². The zero-order valence-corrected chi connectivity index (χ0v) is 27.3. The van der Waals surface area contributed by atoms with Crippen molar-refractivity contribution in [3.05, 3.63) is 117 Å². The van der Waals surface area contributed by atoms with E-state index in [2.05, 4.69) is 15.3 Å². The summed E-state index contributed by atoms with van der Waals surface area (Å²) < 4.78 is 6.45. The van der Waals surface area contributed by atoms with Gasteiger partial charge in [0.15, 0.2) is 5.69 Å². The van der Waals surface area contributed by atoms with Gasteiger partial charge in [-0.15, -0.1) is 0 Å². The summed E-state index contributed by atoms with van der Waals surface area (Å²) in [4.78, 5) is 56.0. The molecule has 48 heavy (non-hydrogen) atoms. The van der Waals surface area contributed by atoms with Crippen molar-refractivity contribution in [2.75, 3.05) is 0 Å². The molecule has 1 saturated carbocycles. The number of hydrogen-bond acceptors (Lipinski definition) is 6. The number of aromatic nitrogens is 6. The summed E-state index contributed by atoms with van der Waals surface area (Å²) in [6.07, 6.45) is 15.8. The Kier molecular flexibility index (Phi) is 8.81. The fourth-order valence-corrected chi connectivity index (χ4v) is 6.21. The van der Waals surface area contributed by atoms with Gasteiger partial charge in [-0.2, -0.15) is 0 Å². The molecule has 1 aliphatic carbocycles. The van der Waals surface area contributed by atoms with Gasteiger partial charge in [0.05, 0.1) is 12.4 Å². The number of carbonyl (C=O) groups is 2. The van der Waals surface area contributed by atoms with E-state index in [1.54, 1.807) is 56.3 Å². The van der Waals surface area contributed by atoms with Gasteiger partial charge in [-0.25, -0.2) is 14.8 Å². The maximum absolute atomic E-state index is 12.8. The van der Waals surface area contributed by atoms with Crippen molar-refractivity contribution >= 4 is 23.2 Å². The lowest BCUT2D eigenvalue weighted by atomic mass is 9.95. The lowest BCUT2D eigenvalue weighted by Gasteiger charge is -2.22. The largest absolute Gasteiger partial charge is 0.477 e. The summed E-state index contributed by atoms with van der Waals surface area (Å²) in [6.45, 7) is 3.56. The molecule has 6 aromatic rings. The van der Waals surface area contributed by atoms with Gasteiger partial charge in [0.2, 0.25) is 0 Å². The molecule has 6 heterocycles. The van der Waals surface area contributed by atoms with E-state index < -0.39 is 5.97 Å². The van der Waals surface area contributed by atoms with Crippen molar-refractivity contribution in [3.63, 3.8) is 0 Å². The third kappa shape index (κ3) is 6.41. The predicted molar refractivity (Wildman–Crippen MR) is 183 cm³/mol. The number of aromatic carboxylic acids is 1. The number of aryl methyl sites for hydroxylation is 4. The molecule has 0 aromatic carbocycles. The fourth-order valence-electron chi connectivity index (χ4n) is 6.21. The lowest BCUT2D eigenvalue weighted by Crippen LogP contribution is -2.36. The van der Waals surface area contributed by atoms with E-state index in [9.17, 15) is 19.2 Å². The van der Waals surface area contributed by atoms with Gasteiger partial charge in [-0.1, -0.05) is 19.3 Å². The van der Waals surface area contributed by atoms with E-state index in [0.29, 0.717) is 22.5 Å². The minimum absolute atomic E-state index is 0.00462. The van der Waals surface area contributed by atoms with Crippen molar-refractivity contribution in [3.8, 4) is 22.3 Å². The van der Waals surface area contributed by atoms with Crippen LogP contribution in [0.1, 0.15) is 64.2 Å². The van der Waals surface area contributed by atoms with Gasteiger partial charge in [0.1, 0.15) is 17.0 Å². The number of nitrogens with zero attached hydrogens (tertiary/aromatic N) is 6. The minimum atomic E-state index is -1.03. The van der Waals surface area contributed by atoms with Crippen LogP contribution in [0, 0.1) is 13.8 Å². The highest BCUT2D eigenvalue weighted by atomic mass is 16.4. The summed E-state index contributed by atoms with van der Waals surface area (Å²) in [5.41, 5.74) is 6.76. The maximum Gasteiger partial charge on any atom is 0.354 e. The highest BCUT2D eigenvalue weighted by Crippen LogP contribution is 2.23. The second-order valence-corrected chi connectivity index (χ2v) is 12.3. The first-order valence-corrected chi connectivity index (χ1v) is 15.8. The van der Waals surface area contributed by atoms with Crippen molar-refractivity contribution in [1.82, 2.24) is 33.2 Å². The van der Waals surface area contributed by atoms with E-state index in [1.165, 1.54) is 34.4 Å². The Labute approximate surface area is 276 Å². The van der Waals surface area contributed by atoms with E-state index >= 15 is 0 Å². The molecule has 1 amide bonds. The fraction of sp³-hybridized carbons (Fsp3) is 0.278. The molecule has 0 spiro atoms. The molecular weight excluding hydrogens is 610 g/mol. The molecule has 0 radical (unpaired) electrons. The number of carbonyl (C=O) groups excluding carboxylic acids is 1. The Bertz CT molecular complexity index is 2250. The number of fused-ring (bicyclic) bond motifs is 2. The molecule has 0 bridgehead atoms. The van der Waals surface area contributed by atoms with Crippen LogP contribution >= 0.6 is 0 Å². The number of carboxylic acids is 1. The van der Waals surface area contributed by atoms with Gasteiger partial charge < -0.3 is 19.6 Å². The highest BCUT2D eigenvalue weighted by Gasteiger charge is 2.19. The van der Waals surface area contributed by atoms with Crippen LogP contribution in [-0.4, -0.2) is 50.9 Å². The molecule has 0 aliphatic heterocycles. The Morgan fingerprint density at radius 3 is 1.67 bits per heavy atom. The smallest absolute Gasteiger partial charge is 0.354 e. The number of rotatable bonds is 5. The Hall–Kier alpha value is -5.78. The standard InChI is InChI=1S/C21H24N4O2.C15H13N3O3/c1-14-10-16(12-24(2)21(14)27)15-8-9-19-22-11-18(25(19)13-15)20(26)23-17-6-4-3-5-7-17;1-9-5-11(7-17(2)14(9)19)10-3-4-13-16-6-12(15(20)21)18(13)8-10/h8-13,17H,3-7H2,1-2H3,(H,23,26);3-8H,1-2H3,(H,20,21). The number of pyridine rings is 4. The quantitative estimate of drug-likeness (QED) is 0.274. The Balaban J connectivity index is 0.000000173. The maximum atomic E-state index is 12.8. The molecule has 1 fully saturated rings. The monoisotopic (exact) mass is 647 g/mol. The molecule has 1 aliphatic rings. The predicted octanol–water partition coefficient (Wildman–Crippen LogP) is 4.78. The molecule has 0 saturated heterocycles. The third-order valence-corrected chi connectivity index (χ3v) is 8.79. The molecule has 0 atom stereocenters. The highest BCUT2D eigenvalue weighted by molar-refractivity contribution is 5.93. The summed E-state index contributed by atoms with van der Waals surface area (Å²) in [6, 6.07) is 11.4. The first kappa shape index (κ1) is 32.2. The summed E-state index contributed by atoms with van der Waals surface area (Å²) >= 11 is 0. The van der Waals surface area contributed by atoms with Crippen molar-refractivity contribution in [2.24, 2.45) is 14.1 Å². The molecule has 6 aromatic heterocycles. The molecule has 12 heteroatoms. The Morgan fingerprint density at radius 2 is 1.19 bits per heavy atom. The average molecular weight is 648 g/mol. The normalized spacial score (nSPS) is 13.3. The van der Waals surface area contributed by atoms with Gasteiger partial charge in [0, 0.05) is 56.1 Å². The van der Waals surface area contributed by atoms with E-state index in [-0.39, 0.29) is 28.8 Å². The SMILES string of the molecule is Cc1cc(-c2ccc3ncc(C(=O)NC4CCCCC4)n3c2)cn(C)c1=O.Cc1cc(-c2ccc3ncc(C(=O)O)n3c2)cn(C)c1=O. The van der Waals surface area contributed by atoms with Crippen molar-refractivity contribution < 1.29 is 14.7 Å². The van der Waals surface area contributed by atoms with Crippen LogP contribution in [0.15, 0.2) is 83.2 Å². The number of hydrogen-bond donors (Lipinski definition) is 2. The van der Waals surface area contributed by atoms with E-state index in [4.69, 9.17) is 5.11 Å². The number of amides is 1. The molecular formula is C36H37N7O5. The number of imidazole rings is 2. The van der Waals surface area contributed by atoms with Crippen LogP contribution < -0.4 is 16.4 Å². The zero-order chi connectivity index (χ0) is 34.1. The minimum Gasteiger partial charge on any atom is -0.477 e. The molecule has 12 nitrogen and oxygen atoms in total. The first-order chi connectivity index (χ1) is 23.0. The van der Waals surface area contributed by atoms with Crippen LogP contribution in [0.25, 0.3) is 33.5 Å². The summed E-state index contributed by atoms with van der Waals surface area (Å²) in [5, 5.41) is 12.3. The van der Waals surface area contributed by atoms with Crippen LogP contribution in [0.5, 0.6) is 0 Å². The molecule has 246 valence electrons. The molecule has 0 unspecified atom stereocenters. The van der Waals surface area contributed by atoms with E-state index in [0.717, 1.165) is 40.7 Å². The number of carboxylic acid groups (broad SMARTS) is 1. The van der Waals surface area contributed by atoms with Crippen LogP contribution in [0.3, 0.4) is 0 Å². The van der Waals surface area contributed by atoms with Crippen molar-refractivity contribution in [2.45, 2.75) is 52.0 Å². The Morgan fingerprint density at radius 1 is 0.708 bits per heavy atom. The topological polar surface area (TPSA) is 145 Å². The summed E-state index contributed by atoms with van der Waals surface area (Å²) in [7, 11) is 3.44. The number of nitrogens with one attached hydrogen (secondary N) is 1. The first-order valence-electron chi connectivity index (χ1n) is 15.8. The van der Waals surface area contributed by atoms with Crippen LogP contribution in [0.2, 0.25) is 0 Å².